The summed E-state index contributed by atoms with van der Waals surface area (Å²) in [6.07, 6.45) is 1.39. The van der Waals surface area contributed by atoms with Gasteiger partial charge in [-0.1, -0.05) is 27.7 Å². The normalized spacial score (nSPS) is 11.6. The molecule has 10 nitrogen and oxygen atoms in total. The van der Waals surface area contributed by atoms with Gasteiger partial charge in [-0.2, -0.15) is 0 Å². The van der Waals surface area contributed by atoms with Gasteiger partial charge in [0.1, 0.15) is 10.6 Å². The number of H-pyrrole nitrogens is 1. The lowest BCUT2D eigenvalue weighted by Gasteiger charge is -2.26. The largest absolute Gasteiger partial charge is 0.383 e. The highest BCUT2D eigenvalue weighted by Crippen LogP contribution is 2.20. The van der Waals surface area contributed by atoms with Crippen LogP contribution in [0.1, 0.15) is 34.1 Å². The average molecular weight is 461 g/mol. The number of aromatic nitrogens is 4. The molecule has 3 N–H and O–H groups in total. The molecular formula is C21H28N6O4S. The van der Waals surface area contributed by atoms with E-state index in [1.165, 1.54) is 31.7 Å². The molecule has 172 valence electrons. The van der Waals surface area contributed by atoms with E-state index >= 15 is 0 Å². The van der Waals surface area contributed by atoms with E-state index in [2.05, 4.69) is 9.97 Å². The Morgan fingerprint density at radius 1 is 1.22 bits per heavy atom. The number of thiophene rings is 1. The molecule has 0 atom stereocenters. The summed E-state index contributed by atoms with van der Waals surface area (Å²) in [5.41, 5.74) is 4.64. The molecule has 0 unspecified atom stereocenters. The molecule has 0 spiro atoms. The second-order valence-electron chi connectivity index (χ2n) is 8.53. The minimum absolute atomic E-state index is 0.0356. The van der Waals surface area contributed by atoms with Crippen LogP contribution in [0.25, 0.3) is 10.2 Å². The van der Waals surface area contributed by atoms with Gasteiger partial charge in [0.2, 0.25) is 5.91 Å². The van der Waals surface area contributed by atoms with Crippen LogP contribution >= 0.6 is 11.3 Å². The molecule has 0 bridgehead atoms. The number of hydrogen-bond acceptors (Lipinski definition) is 7. The molecule has 32 heavy (non-hydrogen) atoms. The van der Waals surface area contributed by atoms with Crippen LogP contribution in [-0.2, 0) is 17.9 Å². The van der Waals surface area contributed by atoms with Gasteiger partial charge in [0, 0.05) is 26.1 Å². The fraction of sp³-hybridized carbons (Fsp3) is 0.476. The van der Waals surface area contributed by atoms with Gasteiger partial charge in [-0.3, -0.25) is 28.5 Å². The Labute approximate surface area is 188 Å². The van der Waals surface area contributed by atoms with Crippen molar-refractivity contribution in [2.45, 2.75) is 47.2 Å². The zero-order chi connectivity index (χ0) is 23.6. The van der Waals surface area contributed by atoms with Gasteiger partial charge in [-0.25, -0.2) is 9.78 Å². The SMILES string of the molecule is CC(C)CN(C(=O)CCn1cnc2sccc2c1=O)c1c(N)n(CC(C)C)c(=O)[nH]c1=O. The van der Waals surface area contributed by atoms with Gasteiger partial charge < -0.3 is 10.6 Å². The van der Waals surface area contributed by atoms with Gasteiger partial charge in [0.15, 0.2) is 5.69 Å². The molecule has 3 aromatic rings. The van der Waals surface area contributed by atoms with Crippen molar-refractivity contribution in [3.05, 3.63) is 49.0 Å². The second kappa shape index (κ2) is 9.51. The minimum Gasteiger partial charge on any atom is -0.383 e. The quantitative estimate of drug-likeness (QED) is 0.524. The van der Waals surface area contributed by atoms with Crippen LogP contribution < -0.4 is 27.4 Å². The van der Waals surface area contributed by atoms with Crippen molar-refractivity contribution in [1.82, 2.24) is 19.1 Å². The van der Waals surface area contributed by atoms with Crippen molar-refractivity contribution in [2.24, 2.45) is 11.8 Å². The number of carbonyl (C=O) groups is 1. The van der Waals surface area contributed by atoms with Gasteiger partial charge >= 0.3 is 5.69 Å². The van der Waals surface area contributed by atoms with Crippen LogP contribution in [0.3, 0.4) is 0 Å². The average Bonchev–Trinajstić information content (AvgIpc) is 3.19. The number of aryl methyl sites for hydroxylation is 1. The predicted molar refractivity (Wildman–Crippen MR) is 126 cm³/mol. The number of amides is 1. The third-order valence-corrected chi connectivity index (χ3v) is 5.72. The number of nitrogens with two attached hydrogens (primary N) is 1. The van der Waals surface area contributed by atoms with Gasteiger partial charge in [-0.15, -0.1) is 11.3 Å². The van der Waals surface area contributed by atoms with Crippen molar-refractivity contribution < 1.29 is 4.79 Å². The maximum atomic E-state index is 13.2. The van der Waals surface area contributed by atoms with E-state index in [4.69, 9.17) is 5.73 Å². The monoisotopic (exact) mass is 460 g/mol. The molecule has 3 heterocycles. The van der Waals surface area contributed by atoms with E-state index in [0.717, 1.165) is 0 Å². The summed E-state index contributed by atoms with van der Waals surface area (Å²) >= 11 is 1.37. The van der Waals surface area contributed by atoms with Crippen LogP contribution in [0.4, 0.5) is 11.5 Å². The number of carbonyl (C=O) groups excluding carboxylic acids is 1. The molecule has 0 aliphatic heterocycles. The van der Waals surface area contributed by atoms with Crippen LogP contribution in [0, 0.1) is 11.8 Å². The first-order valence-electron chi connectivity index (χ1n) is 10.5. The topological polar surface area (TPSA) is 136 Å². The van der Waals surface area contributed by atoms with Crippen LogP contribution in [0.2, 0.25) is 0 Å². The van der Waals surface area contributed by atoms with E-state index < -0.39 is 11.2 Å². The molecule has 3 rings (SSSR count). The highest BCUT2D eigenvalue weighted by Gasteiger charge is 2.25. The number of nitrogens with one attached hydrogen (secondary N) is 1. The van der Waals surface area contributed by atoms with Crippen molar-refractivity contribution in [3.8, 4) is 0 Å². The first-order valence-corrected chi connectivity index (χ1v) is 11.3. The Bertz CT molecular complexity index is 1300. The number of nitrogens with zero attached hydrogens (tertiary/aromatic N) is 4. The highest BCUT2D eigenvalue weighted by atomic mass is 32.1. The maximum absolute atomic E-state index is 13.2. The van der Waals surface area contributed by atoms with Gasteiger partial charge in [0.25, 0.3) is 11.1 Å². The number of aromatic amines is 1. The molecule has 0 saturated heterocycles. The van der Waals surface area contributed by atoms with Gasteiger partial charge in [-0.05, 0) is 23.3 Å². The summed E-state index contributed by atoms with van der Waals surface area (Å²) in [5, 5.41) is 2.30. The Hall–Kier alpha value is -3.21. The van der Waals surface area contributed by atoms with E-state index in [9.17, 15) is 19.2 Å². The maximum Gasteiger partial charge on any atom is 0.330 e. The number of hydrogen-bond donors (Lipinski definition) is 2. The summed E-state index contributed by atoms with van der Waals surface area (Å²) < 4.78 is 2.66. The summed E-state index contributed by atoms with van der Waals surface area (Å²) in [4.78, 5) is 59.2. The van der Waals surface area contributed by atoms with E-state index in [1.807, 2.05) is 27.7 Å². The van der Waals surface area contributed by atoms with Crippen molar-refractivity contribution in [1.29, 1.82) is 0 Å². The molecule has 0 aliphatic carbocycles. The first kappa shape index (κ1) is 23.5. The number of rotatable bonds is 8. The van der Waals surface area contributed by atoms with Crippen LogP contribution in [0.5, 0.6) is 0 Å². The van der Waals surface area contributed by atoms with Crippen molar-refractivity contribution in [3.63, 3.8) is 0 Å². The van der Waals surface area contributed by atoms with Crippen molar-refractivity contribution in [2.75, 3.05) is 17.2 Å². The summed E-state index contributed by atoms with van der Waals surface area (Å²) in [5.74, 6) is -0.271. The second-order valence-corrected chi connectivity index (χ2v) is 9.42. The smallest absolute Gasteiger partial charge is 0.330 e. The zero-order valence-corrected chi connectivity index (χ0v) is 19.4. The lowest BCUT2D eigenvalue weighted by Crippen LogP contribution is -2.43. The van der Waals surface area contributed by atoms with Crippen molar-refractivity contribution >= 4 is 39.0 Å². The molecule has 11 heteroatoms. The minimum atomic E-state index is -0.708. The molecule has 0 fully saturated rings. The lowest BCUT2D eigenvalue weighted by atomic mass is 10.1. The predicted octanol–water partition coefficient (Wildman–Crippen LogP) is 1.63. The van der Waals surface area contributed by atoms with E-state index in [0.29, 0.717) is 16.8 Å². The summed E-state index contributed by atoms with van der Waals surface area (Å²) in [6.45, 7) is 8.31. The molecule has 0 aromatic carbocycles. The standard InChI is InChI=1S/C21H28N6O4S/c1-12(2)9-26(16-17(22)27(10-13(3)4)21(31)24-18(16)29)15(28)5-7-25-11-23-19-14(20(25)30)6-8-32-19/h6,8,11-13H,5,7,9-10,22H2,1-4H3,(H,24,29,31). The molecule has 3 aromatic heterocycles. The first-order chi connectivity index (χ1) is 15.1. The molecule has 0 saturated carbocycles. The third-order valence-electron chi connectivity index (χ3n) is 4.90. The summed E-state index contributed by atoms with van der Waals surface area (Å²) in [7, 11) is 0. The lowest BCUT2D eigenvalue weighted by molar-refractivity contribution is -0.119. The van der Waals surface area contributed by atoms with Gasteiger partial charge in [0.05, 0.1) is 11.7 Å². The fourth-order valence-corrected chi connectivity index (χ4v) is 4.19. The summed E-state index contributed by atoms with van der Waals surface area (Å²) in [6, 6.07) is 1.71. The zero-order valence-electron chi connectivity index (χ0n) is 18.6. The number of nitrogen functional groups attached to an aromatic ring is 1. The molecule has 0 radical (unpaired) electrons. The van der Waals surface area contributed by atoms with E-state index in [-0.39, 0.29) is 54.3 Å². The number of fused-ring (bicyclic) bond motifs is 1. The Balaban J connectivity index is 1.95. The fourth-order valence-electron chi connectivity index (χ4n) is 3.47. The van der Waals surface area contributed by atoms with Crippen LogP contribution in [-0.4, -0.2) is 31.6 Å². The molecule has 0 aliphatic rings. The Morgan fingerprint density at radius 2 is 1.94 bits per heavy atom. The van der Waals surface area contributed by atoms with E-state index in [1.54, 1.807) is 11.4 Å². The Morgan fingerprint density at radius 3 is 2.59 bits per heavy atom. The molecular weight excluding hydrogens is 432 g/mol. The molecule has 1 amide bonds. The van der Waals surface area contributed by atoms with Crippen LogP contribution in [0.15, 0.2) is 32.2 Å². The Kier molecular flexibility index (Phi) is 6.97. The highest BCUT2D eigenvalue weighted by molar-refractivity contribution is 7.16. The third kappa shape index (κ3) is 4.82. The number of anilines is 2.